The summed E-state index contributed by atoms with van der Waals surface area (Å²) in [5.41, 5.74) is 0.576. The molecule has 0 aliphatic rings. The Kier molecular flexibility index (Phi) is 7.81. The number of carbonyl (C=O) groups excluding carboxylic acids is 2. The van der Waals surface area contributed by atoms with Crippen LogP contribution in [0.2, 0.25) is 10.0 Å². The third-order valence-electron chi connectivity index (χ3n) is 3.15. The standard InChI is InChI=1S/C15H18Cl2N2O5/c1-8(18-9-3-4-10(16)11(17)7-9)14(22)19-12(15(23)24-2)5-6-13(20)21/h3-4,7-8,12,18H,5-6H2,1-2H3,(H,19,22)(H,20,21)/t8-,12-/m0/s1. The SMILES string of the molecule is COC(=O)[C@H](CCC(=O)O)NC(=O)[C@H](C)Nc1ccc(Cl)c(Cl)c1. The summed E-state index contributed by atoms with van der Waals surface area (Å²) in [4.78, 5) is 34.5. The number of esters is 1. The van der Waals surface area contributed by atoms with Gasteiger partial charge in [-0.05, 0) is 31.5 Å². The molecule has 0 unspecified atom stereocenters. The molecular weight excluding hydrogens is 359 g/mol. The maximum Gasteiger partial charge on any atom is 0.328 e. The van der Waals surface area contributed by atoms with E-state index in [0.717, 1.165) is 0 Å². The summed E-state index contributed by atoms with van der Waals surface area (Å²) in [6, 6.07) is 3.08. The molecule has 1 aromatic carbocycles. The Morgan fingerprint density at radius 3 is 2.46 bits per heavy atom. The highest BCUT2D eigenvalue weighted by Crippen LogP contribution is 2.25. The Morgan fingerprint density at radius 1 is 1.25 bits per heavy atom. The summed E-state index contributed by atoms with van der Waals surface area (Å²) < 4.78 is 4.57. The summed E-state index contributed by atoms with van der Waals surface area (Å²) in [5, 5.41) is 14.8. The molecule has 0 spiro atoms. The second-order valence-corrected chi connectivity index (χ2v) is 5.83. The number of carboxylic acids is 1. The van der Waals surface area contributed by atoms with Crippen molar-refractivity contribution in [3.63, 3.8) is 0 Å². The number of ether oxygens (including phenoxy) is 1. The van der Waals surface area contributed by atoms with Crippen LogP contribution in [0.5, 0.6) is 0 Å². The molecular formula is C15H18Cl2N2O5. The van der Waals surface area contributed by atoms with Crippen LogP contribution in [-0.2, 0) is 19.1 Å². The molecule has 24 heavy (non-hydrogen) atoms. The van der Waals surface area contributed by atoms with Gasteiger partial charge in [-0.1, -0.05) is 23.2 Å². The number of anilines is 1. The minimum atomic E-state index is -1.07. The third kappa shape index (κ3) is 6.25. The number of benzene rings is 1. The Bertz CT molecular complexity index is 624. The van der Waals surface area contributed by atoms with Crippen molar-refractivity contribution in [1.29, 1.82) is 0 Å². The van der Waals surface area contributed by atoms with Gasteiger partial charge in [0.25, 0.3) is 0 Å². The highest BCUT2D eigenvalue weighted by Gasteiger charge is 2.24. The quantitative estimate of drug-likeness (QED) is 0.601. The Morgan fingerprint density at radius 2 is 1.92 bits per heavy atom. The summed E-state index contributed by atoms with van der Waals surface area (Å²) in [6.07, 6.45) is -0.331. The molecule has 1 aromatic rings. The Balaban J connectivity index is 2.69. The Labute approximate surface area is 149 Å². The van der Waals surface area contributed by atoms with Crippen LogP contribution in [0.3, 0.4) is 0 Å². The second-order valence-electron chi connectivity index (χ2n) is 5.01. The van der Waals surface area contributed by atoms with Crippen molar-refractivity contribution in [1.82, 2.24) is 5.32 Å². The lowest BCUT2D eigenvalue weighted by atomic mass is 10.1. The largest absolute Gasteiger partial charge is 0.481 e. The van der Waals surface area contributed by atoms with Gasteiger partial charge in [0.05, 0.1) is 17.2 Å². The lowest BCUT2D eigenvalue weighted by Gasteiger charge is -2.20. The molecule has 0 radical (unpaired) electrons. The molecule has 0 saturated carbocycles. The first kappa shape index (κ1) is 20.1. The van der Waals surface area contributed by atoms with E-state index in [4.69, 9.17) is 28.3 Å². The lowest BCUT2D eigenvalue weighted by molar-refractivity contribution is -0.146. The van der Waals surface area contributed by atoms with Gasteiger partial charge in [-0.3, -0.25) is 9.59 Å². The number of carboxylic acid groups (broad SMARTS) is 1. The predicted octanol–water partition coefficient (Wildman–Crippen LogP) is 2.32. The lowest BCUT2D eigenvalue weighted by Crippen LogP contribution is -2.47. The number of aliphatic carboxylic acids is 1. The van der Waals surface area contributed by atoms with Crippen molar-refractivity contribution in [2.75, 3.05) is 12.4 Å². The predicted molar refractivity (Wildman–Crippen MR) is 90.4 cm³/mol. The van der Waals surface area contributed by atoms with E-state index in [-0.39, 0.29) is 12.8 Å². The van der Waals surface area contributed by atoms with Crippen LogP contribution in [0.1, 0.15) is 19.8 Å². The smallest absolute Gasteiger partial charge is 0.328 e. The van der Waals surface area contributed by atoms with Crippen molar-refractivity contribution < 1.29 is 24.2 Å². The third-order valence-corrected chi connectivity index (χ3v) is 3.88. The highest BCUT2D eigenvalue weighted by atomic mass is 35.5. The normalized spacial score (nSPS) is 12.8. The average molecular weight is 377 g/mol. The van der Waals surface area contributed by atoms with Crippen molar-refractivity contribution in [3.8, 4) is 0 Å². The average Bonchev–Trinajstić information content (AvgIpc) is 2.53. The van der Waals surface area contributed by atoms with E-state index in [2.05, 4.69) is 15.4 Å². The summed E-state index contributed by atoms with van der Waals surface area (Å²) in [7, 11) is 1.17. The van der Waals surface area contributed by atoms with Gasteiger partial charge >= 0.3 is 11.9 Å². The highest BCUT2D eigenvalue weighted by molar-refractivity contribution is 6.42. The first-order valence-corrected chi connectivity index (χ1v) is 7.81. The van der Waals surface area contributed by atoms with Gasteiger partial charge in [0, 0.05) is 12.1 Å². The molecule has 0 heterocycles. The molecule has 3 N–H and O–H groups in total. The molecule has 9 heteroatoms. The van der Waals surface area contributed by atoms with Gasteiger partial charge in [0.1, 0.15) is 12.1 Å². The van der Waals surface area contributed by atoms with Crippen molar-refractivity contribution in [3.05, 3.63) is 28.2 Å². The van der Waals surface area contributed by atoms with E-state index in [9.17, 15) is 14.4 Å². The molecule has 2 atom stereocenters. The zero-order valence-electron chi connectivity index (χ0n) is 13.1. The van der Waals surface area contributed by atoms with Crippen molar-refractivity contribution in [2.24, 2.45) is 0 Å². The summed E-state index contributed by atoms with van der Waals surface area (Å²) in [5.74, 6) is -2.26. The number of halogens is 2. The van der Waals surface area contributed by atoms with E-state index in [0.29, 0.717) is 15.7 Å². The second kappa shape index (κ2) is 9.34. The molecule has 0 bridgehead atoms. The van der Waals surface area contributed by atoms with Crippen molar-refractivity contribution >= 4 is 46.7 Å². The topological polar surface area (TPSA) is 105 Å². The van der Waals surface area contributed by atoms with Gasteiger partial charge in [0.15, 0.2) is 0 Å². The molecule has 132 valence electrons. The fourth-order valence-corrected chi connectivity index (χ4v) is 2.16. The van der Waals surface area contributed by atoms with Crippen molar-refractivity contribution in [2.45, 2.75) is 31.8 Å². The maximum absolute atomic E-state index is 12.2. The number of methoxy groups -OCH3 is 1. The van der Waals surface area contributed by atoms with E-state index in [1.165, 1.54) is 7.11 Å². The molecule has 0 aliphatic heterocycles. The van der Waals surface area contributed by atoms with Crippen LogP contribution in [0.4, 0.5) is 5.69 Å². The van der Waals surface area contributed by atoms with E-state index >= 15 is 0 Å². The molecule has 0 aromatic heterocycles. The van der Waals surface area contributed by atoms with Crippen LogP contribution in [0, 0.1) is 0 Å². The van der Waals surface area contributed by atoms with Crippen LogP contribution in [-0.4, -0.2) is 42.1 Å². The van der Waals surface area contributed by atoms with Gasteiger partial charge in [-0.2, -0.15) is 0 Å². The number of carbonyl (C=O) groups is 3. The zero-order valence-corrected chi connectivity index (χ0v) is 14.6. The van der Waals surface area contributed by atoms with Gasteiger partial charge in [-0.25, -0.2) is 4.79 Å². The van der Waals surface area contributed by atoms with Gasteiger partial charge in [0.2, 0.25) is 5.91 Å². The number of hydrogen-bond acceptors (Lipinski definition) is 5. The van der Waals surface area contributed by atoms with Crippen LogP contribution in [0.15, 0.2) is 18.2 Å². The molecule has 0 saturated heterocycles. The molecule has 1 amide bonds. The van der Waals surface area contributed by atoms with Gasteiger partial charge < -0.3 is 20.5 Å². The number of hydrogen-bond donors (Lipinski definition) is 3. The zero-order chi connectivity index (χ0) is 18.3. The van der Waals surface area contributed by atoms with Crippen LogP contribution in [0.25, 0.3) is 0 Å². The number of amides is 1. The fraction of sp³-hybridized carbons (Fsp3) is 0.400. The van der Waals surface area contributed by atoms with E-state index in [1.807, 2.05) is 0 Å². The van der Waals surface area contributed by atoms with Crippen LogP contribution < -0.4 is 10.6 Å². The molecule has 1 rings (SSSR count). The number of nitrogens with one attached hydrogen (secondary N) is 2. The van der Waals surface area contributed by atoms with E-state index in [1.54, 1.807) is 25.1 Å². The minimum Gasteiger partial charge on any atom is -0.481 e. The van der Waals surface area contributed by atoms with Crippen LogP contribution >= 0.6 is 23.2 Å². The fourth-order valence-electron chi connectivity index (χ4n) is 1.86. The molecule has 0 aliphatic carbocycles. The summed E-state index contributed by atoms with van der Waals surface area (Å²) >= 11 is 11.7. The van der Waals surface area contributed by atoms with E-state index < -0.39 is 29.9 Å². The monoisotopic (exact) mass is 376 g/mol. The summed E-state index contributed by atoms with van der Waals surface area (Å²) in [6.45, 7) is 1.59. The maximum atomic E-state index is 12.2. The van der Waals surface area contributed by atoms with Gasteiger partial charge in [-0.15, -0.1) is 0 Å². The first-order valence-electron chi connectivity index (χ1n) is 7.06. The molecule has 7 nitrogen and oxygen atoms in total. The first-order chi connectivity index (χ1) is 11.2. The Hall–Kier alpha value is -1.99. The number of rotatable bonds is 8. The minimum absolute atomic E-state index is 0.0623. The molecule has 0 fully saturated rings.